The molecule has 0 saturated heterocycles. The maximum Gasteiger partial charge on any atom is 0.0802 e. The molecule has 0 heterocycles. The summed E-state index contributed by atoms with van der Waals surface area (Å²) in [5.74, 6) is 0. The molecule has 1 atom stereocenters. The van der Waals surface area contributed by atoms with Gasteiger partial charge in [-0.25, -0.2) is 0 Å². The van der Waals surface area contributed by atoms with E-state index in [1.165, 1.54) is 5.56 Å². The Morgan fingerprint density at radius 1 is 1.26 bits per heavy atom. The molecule has 106 valence electrons. The van der Waals surface area contributed by atoms with E-state index in [4.69, 9.17) is 5.73 Å². The van der Waals surface area contributed by atoms with Crippen molar-refractivity contribution in [1.82, 2.24) is 0 Å². The third kappa shape index (κ3) is 4.03. The molecular formula is C16H25NO2. The predicted molar refractivity (Wildman–Crippen MR) is 76.8 cm³/mol. The van der Waals surface area contributed by atoms with Gasteiger partial charge in [-0.1, -0.05) is 37.1 Å². The van der Waals surface area contributed by atoms with Gasteiger partial charge in [0, 0.05) is 0 Å². The van der Waals surface area contributed by atoms with Crippen molar-refractivity contribution in [3.8, 4) is 0 Å². The molecule has 1 aromatic rings. The van der Waals surface area contributed by atoms with Crippen LogP contribution in [0.2, 0.25) is 0 Å². The smallest absolute Gasteiger partial charge is 0.0802 e. The molecule has 2 rings (SSSR count). The van der Waals surface area contributed by atoms with Gasteiger partial charge in [0.05, 0.1) is 11.7 Å². The molecule has 0 amide bonds. The Labute approximate surface area is 115 Å². The second-order valence-corrected chi connectivity index (χ2v) is 5.77. The van der Waals surface area contributed by atoms with Crippen LogP contribution in [0.15, 0.2) is 24.3 Å². The van der Waals surface area contributed by atoms with Crippen LogP contribution in [0.25, 0.3) is 0 Å². The number of rotatable bonds is 6. The van der Waals surface area contributed by atoms with Gasteiger partial charge in [-0.2, -0.15) is 0 Å². The molecule has 0 radical (unpaired) electrons. The van der Waals surface area contributed by atoms with Gasteiger partial charge < -0.3 is 15.9 Å². The van der Waals surface area contributed by atoms with Gasteiger partial charge in [-0.15, -0.1) is 0 Å². The molecule has 1 fully saturated rings. The number of benzene rings is 1. The van der Waals surface area contributed by atoms with Crippen molar-refractivity contribution in [2.45, 2.75) is 56.7 Å². The van der Waals surface area contributed by atoms with Gasteiger partial charge >= 0.3 is 0 Å². The standard InChI is InChI=1S/C16H25NO2/c17-11-7-15(18)14-5-3-4-13(12-14)6-10-16(19)8-1-2-9-16/h3-5,12,15,18-19H,1-2,6-11,17H2. The molecule has 1 aromatic carbocycles. The minimum atomic E-state index is -0.473. The van der Waals surface area contributed by atoms with E-state index in [9.17, 15) is 10.2 Å². The molecular weight excluding hydrogens is 238 g/mol. The Morgan fingerprint density at radius 3 is 2.68 bits per heavy atom. The van der Waals surface area contributed by atoms with E-state index >= 15 is 0 Å². The van der Waals surface area contributed by atoms with Crippen LogP contribution >= 0.6 is 0 Å². The van der Waals surface area contributed by atoms with Crippen molar-refractivity contribution in [2.24, 2.45) is 5.73 Å². The summed E-state index contributed by atoms with van der Waals surface area (Å²) in [6, 6.07) is 8.02. The van der Waals surface area contributed by atoms with Gasteiger partial charge in [0.15, 0.2) is 0 Å². The zero-order valence-electron chi connectivity index (χ0n) is 11.5. The largest absolute Gasteiger partial charge is 0.390 e. The van der Waals surface area contributed by atoms with E-state index in [2.05, 4.69) is 6.07 Å². The molecule has 1 unspecified atom stereocenters. The molecule has 1 aliphatic carbocycles. The van der Waals surface area contributed by atoms with Crippen LogP contribution in [0, 0.1) is 0 Å². The SMILES string of the molecule is NCCC(O)c1cccc(CCC2(O)CCCC2)c1. The quantitative estimate of drug-likeness (QED) is 0.738. The van der Waals surface area contributed by atoms with E-state index in [0.29, 0.717) is 13.0 Å². The summed E-state index contributed by atoms with van der Waals surface area (Å²) in [5, 5.41) is 20.3. The lowest BCUT2D eigenvalue weighted by atomic mass is 9.92. The summed E-state index contributed by atoms with van der Waals surface area (Å²) in [6.07, 6.45) is 5.97. The molecule has 19 heavy (non-hydrogen) atoms. The van der Waals surface area contributed by atoms with Gasteiger partial charge in [-0.3, -0.25) is 0 Å². The number of aryl methyl sites for hydroxylation is 1. The van der Waals surface area contributed by atoms with Crippen molar-refractivity contribution < 1.29 is 10.2 Å². The molecule has 0 aromatic heterocycles. The highest BCUT2D eigenvalue weighted by molar-refractivity contribution is 5.25. The molecule has 4 N–H and O–H groups in total. The van der Waals surface area contributed by atoms with E-state index in [0.717, 1.165) is 44.1 Å². The third-order valence-electron chi connectivity index (χ3n) is 4.19. The summed E-state index contributed by atoms with van der Waals surface area (Å²) < 4.78 is 0. The Bertz CT molecular complexity index is 399. The number of hydrogen-bond donors (Lipinski definition) is 3. The van der Waals surface area contributed by atoms with Crippen LogP contribution in [-0.2, 0) is 6.42 Å². The fraction of sp³-hybridized carbons (Fsp3) is 0.625. The zero-order chi connectivity index (χ0) is 13.7. The fourth-order valence-electron chi connectivity index (χ4n) is 2.94. The predicted octanol–water partition coefficient (Wildman–Crippen LogP) is 2.31. The maximum atomic E-state index is 10.3. The molecule has 3 heteroatoms. The summed E-state index contributed by atoms with van der Waals surface area (Å²) in [4.78, 5) is 0. The minimum absolute atomic E-state index is 0.453. The van der Waals surface area contributed by atoms with Crippen molar-refractivity contribution >= 4 is 0 Å². The van der Waals surface area contributed by atoms with E-state index in [-0.39, 0.29) is 0 Å². The highest BCUT2D eigenvalue weighted by Gasteiger charge is 2.30. The maximum absolute atomic E-state index is 10.3. The van der Waals surface area contributed by atoms with Crippen molar-refractivity contribution in [2.75, 3.05) is 6.54 Å². The average molecular weight is 263 g/mol. The van der Waals surface area contributed by atoms with E-state index < -0.39 is 11.7 Å². The van der Waals surface area contributed by atoms with E-state index in [1.54, 1.807) is 0 Å². The first-order valence-corrected chi connectivity index (χ1v) is 7.32. The molecule has 1 saturated carbocycles. The van der Waals surface area contributed by atoms with Crippen molar-refractivity contribution in [1.29, 1.82) is 0 Å². The highest BCUT2D eigenvalue weighted by Crippen LogP contribution is 2.33. The topological polar surface area (TPSA) is 66.5 Å². The van der Waals surface area contributed by atoms with Crippen LogP contribution in [0.5, 0.6) is 0 Å². The minimum Gasteiger partial charge on any atom is -0.390 e. The van der Waals surface area contributed by atoms with Crippen LogP contribution in [0.1, 0.15) is 55.8 Å². The molecule has 1 aliphatic rings. The van der Waals surface area contributed by atoms with Gasteiger partial charge in [0.25, 0.3) is 0 Å². The van der Waals surface area contributed by atoms with Gasteiger partial charge in [0.2, 0.25) is 0 Å². The second-order valence-electron chi connectivity index (χ2n) is 5.77. The lowest BCUT2D eigenvalue weighted by molar-refractivity contribution is 0.0391. The highest BCUT2D eigenvalue weighted by atomic mass is 16.3. The first-order valence-electron chi connectivity index (χ1n) is 7.32. The first-order chi connectivity index (χ1) is 9.13. The van der Waals surface area contributed by atoms with Crippen LogP contribution in [-0.4, -0.2) is 22.4 Å². The number of hydrogen-bond acceptors (Lipinski definition) is 3. The Morgan fingerprint density at radius 2 is 2.00 bits per heavy atom. The lowest BCUT2D eigenvalue weighted by Crippen LogP contribution is -2.24. The summed E-state index contributed by atoms with van der Waals surface area (Å²) in [7, 11) is 0. The molecule has 0 aliphatic heterocycles. The zero-order valence-corrected chi connectivity index (χ0v) is 11.5. The molecule has 3 nitrogen and oxygen atoms in total. The summed E-state index contributed by atoms with van der Waals surface area (Å²) in [6.45, 7) is 0.491. The normalized spacial score (nSPS) is 19.5. The van der Waals surface area contributed by atoms with Crippen LogP contribution in [0.3, 0.4) is 0 Å². The summed E-state index contributed by atoms with van der Waals surface area (Å²) in [5.41, 5.74) is 7.14. The fourth-order valence-corrected chi connectivity index (χ4v) is 2.94. The third-order valence-corrected chi connectivity index (χ3v) is 4.19. The Kier molecular flexibility index (Phi) is 4.97. The monoisotopic (exact) mass is 263 g/mol. The number of aliphatic hydroxyl groups excluding tert-OH is 1. The van der Waals surface area contributed by atoms with E-state index in [1.807, 2.05) is 18.2 Å². The Hall–Kier alpha value is -0.900. The second kappa shape index (κ2) is 6.51. The first kappa shape index (κ1) is 14.5. The van der Waals surface area contributed by atoms with Crippen molar-refractivity contribution in [3.05, 3.63) is 35.4 Å². The van der Waals surface area contributed by atoms with Gasteiger partial charge in [-0.05, 0) is 49.8 Å². The van der Waals surface area contributed by atoms with Crippen molar-refractivity contribution in [3.63, 3.8) is 0 Å². The van der Waals surface area contributed by atoms with Crippen LogP contribution in [0.4, 0.5) is 0 Å². The average Bonchev–Trinajstić information content (AvgIpc) is 2.85. The number of aliphatic hydroxyl groups is 2. The summed E-state index contributed by atoms with van der Waals surface area (Å²) >= 11 is 0. The number of nitrogens with two attached hydrogens (primary N) is 1. The van der Waals surface area contributed by atoms with Gasteiger partial charge in [0.1, 0.15) is 0 Å². The Balaban J connectivity index is 1.95. The molecule has 0 spiro atoms. The lowest BCUT2D eigenvalue weighted by Gasteiger charge is -2.22. The van der Waals surface area contributed by atoms with Crippen LogP contribution < -0.4 is 5.73 Å². The molecule has 0 bridgehead atoms.